The van der Waals surface area contributed by atoms with Crippen LogP contribution in [0.1, 0.15) is 26.2 Å². The van der Waals surface area contributed by atoms with Gasteiger partial charge in [0.25, 0.3) is 0 Å². The van der Waals surface area contributed by atoms with Crippen molar-refractivity contribution in [3.05, 3.63) is 28.2 Å². The van der Waals surface area contributed by atoms with E-state index in [1.807, 2.05) is 6.92 Å². The zero-order valence-corrected chi connectivity index (χ0v) is 11.6. The minimum Gasteiger partial charge on any atom is -0.328 e. The van der Waals surface area contributed by atoms with Gasteiger partial charge in [0.1, 0.15) is 5.69 Å². The molecule has 1 amide bonds. The molecule has 0 radical (unpaired) electrons. The van der Waals surface area contributed by atoms with Gasteiger partial charge in [-0.2, -0.15) is 0 Å². The molecule has 100 valence electrons. The largest absolute Gasteiger partial charge is 0.328 e. The summed E-state index contributed by atoms with van der Waals surface area (Å²) in [5.41, 5.74) is 5.13. The molecule has 1 aromatic carbocycles. The third kappa shape index (κ3) is 4.70. The smallest absolute Gasteiger partial charge is 0.224 e. The van der Waals surface area contributed by atoms with Gasteiger partial charge in [-0.25, -0.2) is 8.78 Å². The highest BCUT2D eigenvalue weighted by molar-refractivity contribution is 9.10. The standard InChI is InChI=1S/C12H15BrF2N2O/c1-7(16)3-2-4-11(18)17-12-9(14)5-8(13)6-10(12)15/h5-7H,2-4,16H2,1H3,(H,17,18). The molecule has 18 heavy (non-hydrogen) atoms. The monoisotopic (exact) mass is 320 g/mol. The van der Waals surface area contributed by atoms with E-state index in [1.54, 1.807) is 0 Å². The van der Waals surface area contributed by atoms with Gasteiger partial charge in [-0.15, -0.1) is 0 Å². The van der Waals surface area contributed by atoms with E-state index in [9.17, 15) is 13.6 Å². The first-order valence-electron chi connectivity index (χ1n) is 5.60. The number of nitrogens with two attached hydrogens (primary N) is 1. The van der Waals surface area contributed by atoms with Gasteiger partial charge in [-0.3, -0.25) is 4.79 Å². The highest BCUT2D eigenvalue weighted by atomic mass is 79.9. The fourth-order valence-electron chi connectivity index (χ4n) is 1.45. The number of amides is 1. The Labute approximate surface area is 113 Å². The van der Waals surface area contributed by atoms with Gasteiger partial charge in [-0.1, -0.05) is 15.9 Å². The minimum absolute atomic E-state index is 0.0129. The van der Waals surface area contributed by atoms with E-state index < -0.39 is 23.2 Å². The molecule has 0 fully saturated rings. The van der Waals surface area contributed by atoms with E-state index in [1.165, 1.54) is 0 Å². The second kappa shape index (κ2) is 6.80. The lowest BCUT2D eigenvalue weighted by Crippen LogP contribution is -2.17. The Morgan fingerprint density at radius 3 is 2.50 bits per heavy atom. The van der Waals surface area contributed by atoms with E-state index in [0.29, 0.717) is 12.8 Å². The molecule has 6 heteroatoms. The van der Waals surface area contributed by atoms with Crippen molar-refractivity contribution in [3.8, 4) is 0 Å². The van der Waals surface area contributed by atoms with E-state index in [0.717, 1.165) is 12.1 Å². The molecule has 1 aromatic rings. The van der Waals surface area contributed by atoms with Gasteiger partial charge >= 0.3 is 0 Å². The predicted molar refractivity (Wildman–Crippen MR) is 70.2 cm³/mol. The quantitative estimate of drug-likeness (QED) is 0.875. The number of anilines is 1. The Morgan fingerprint density at radius 1 is 1.44 bits per heavy atom. The summed E-state index contributed by atoms with van der Waals surface area (Å²) in [5, 5.41) is 2.23. The third-order valence-electron chi connectivity index (χ3n) is 2.33. The maximum atomic E-state index is 13.4. The summed E-state index contributed by atoms with van der Waals surface area (Å²) in [4.78, 5) is 11.5. The summed E-state index contributed by atoms with van der Waals surface area (Å²) in [7, 11) is 0. The van der Waals surface area contributed by atoms with E-state index in [-0.39, 0.29) is 16.9 Å². The summed E-state index contributed by atoms with van der Waals surface area (Å²) in [6.45, 7) is 1.84. The van der Waals surface area contributed by atoms with Crippen LogP contribution in [0, 0.1) is 11.6 Å². The van der Waals surface area contributed by atoms with Crippen molar-refractivity contribution in [1.29, 1.82) is 0 Å². The molecule has 0 saturated carbocycles. The predicted octanol–water partition coefficient (Wildman–Crippen LogP) is 3.18. The summed E-state index contributed by atoms with van der Waals surface area (Å²) in [6, 6.07) is 2.21. The van der Waals surface area contributed by atoms with Crippen molar-refractivity contribution < 1.29 is 13.6 Å². The molecule has 1 rings (SSSR count). The van der Waals surface area contributed by atoms with Crippen LogP contribution in [0.3, 0.4) is 0 Å². The number of hydrogen-bond acceptors (Lipinski definition) is 2. The summed E-state index contributed by atoms with van der Waals surface area (Å²) < 4.78 is 27.1. The van der Waals surface area contributed by atoms with Gasteiger partial charge < -0.3 is 11.1 Å². The fraction of sp³-hybridized carbons (Fsp3) is 0.417. The van der Waals surface area contributed by atoms with Crippen LogP contribution in [-0.2, 0) is 4.79 Å². The maximum absolute atomic E-state index is 13.4. The second-order valence-corrected chi connectivity index (χ2v) is 5.08. The lowest BCUT2D eigenvalue weighted by molar-refractivity contribution is -0.116. The number of carbonyl (C=O) groups excluding carboxylic acids is 1. The Hall–Kier alpha value is -1.01. The van der Waals surface area contributed by atoms with Crippen molar-refractivity contribution in [2.45, 2.75) is 32.2 Å². The summed E-state index contributed by atoms with van der Waals surface area (Å²) in [6.07, 6.45) is 1.47. The number of carbonyl (C=O) groups is 1. The Balaban J connectivity index is 2.59. The zero-order chi connectivity index (χ0) is 13.7. The molecule has 0 aromatic heterocycles. The summed E-state index contributed by atoms with van der Waals surface area (Å²) >= 11 is 2.96. The molecular weight excluding hydrogens is 306 g/mol. The van der Waals surface area contributed by atoms with Crippen LogP contribution in [0.4, 0.5) is 14.5 Å². The Morgan fingerprint density at radius 2 is 2.00 bits per heavy atom. The average Bonchev–Trinajstić information content (AvgIpc) is 2.22. The van der Waals surface area contributed by atoms with E-state index in [4.69, 9.17) is 5.73 Å². The van der Waals surface area contributed by atoms with Crippen molar-refractivity contribution in [2.24, 2.45) is 5.73 Å². The van der Waals surface area contributed by atoms with Crippen molar-refractivity contribution >= 4 is 27.5 Å². The van der Waals surface area contributed by atoms with Crippen LogP contribution in [-0.4, -0.2) is 11.9 Å². The van der Waals surface area contributed by atoms with Crippen molar-refractivity contribution in [1.82, 2.24) is 0 Å². The third-order valence-corrected chi connectivity index (χ3v) is 2.79. The molecule has 0 aliphatic heterocycles. The van der Waals surface area contributed by atoms with Crippen molar-refractivity contribution in [3.63, 3.8) is 0 Å². The van der Waals surface area contributed by atoms with Gasteiger partial charge in [0.15, 0.2) is 11.6 Å². The first-order chi connectivity index (χ1) is 8.40. The van der Waals surface area contributed by atoms with Crippen LogP contribution in [0.15, 0.2) is 16.6 Å². The van der Waals surface area contributed by atoms with Gasteiger partial charge in [0, 0.05) is 16.9 Å². The van der Waals surface area contributed by atoms with Crippen LogP contribution in [0.25, 0.3) is 0 Å². The molecule has 0 bridgehead atoms. The van der Waals surface area contributed by atoms with Crippen LogP contribution < -0.4 is 11.1 Å². The molecule has 1 unspecified atom stereocenters. The number of benzene rings is 1. The second-order valence-electron chi connectivity index (χ2n) is 4.16. The molecule has 1 atom stereocenters. The minimum atomic E-state index is -0.803. The first kappa shape index (κ1) is 15.0. The SMILES string of the molecule is CC(N)CCCC(=O)Nc1c(F)cc(Br)cc1F. The lowest BCUT2D eigenvalue weighted by atomic mass is 10.1. The number of rotatable bonds is 5. The summed E-state index contributed by atoms with van der Waals surface area (Å²) in [5.74, 6) is -2.03. The Kier molecular flexibility index (Phi) is 5.68. The highest BCUT2D eigenvalue weighted by Gasteiger charge is 2.13. The molecular formula is C12H15BrF2N2O. The number of hydrogen-bond donors (Lipinski definition) is 2. The lowest BCUT2D eigenvalue weighted by Gasteiger charge is -2.09. The Bertz CT molecular complexity index is 415. The van der Waals surface area contributed by atoms with Crippen molar-refractivity contribution in [2.75, 3.05) is 5.32 Å². The van der Waals surface area contributed by atoms with E-state index >= 15 is 0 Å². The molecule has 0 spiro atoms. The number of halogens is 3. The maximum Gasteiger partial charge on any atom is 0.224 e. The molecule has 0 aliphatic rings. The van der Waals surface area contributed by atoms with Crippen LogP contribution in [0.5, 0.6) is 0 Å². The molecule has 0 saturated heterocycles. The number of nitrogens with one attached hydrogen (secondary N) is 1. The topological polar surface area (TPSA) is 55.1 Å². The highest BCUT2D eigenvalue weighted by Crippen LogP contribution is 2.23. The normalized spacial score (nSPS) is 12.3. The molecule has 3 N–H and O–H groups in total. The van der Waals surface area contributed by atoms with E-state index in [2.05, 4.69) is 21.2 Å². The zero-order valence-electron chi connectivity index (χ0n) is 9.97. The average molecular weight is 321 g/mol. The molecule has 3 nitrogen and oxygen atoms in total. The van der Waals surface area contributed by atoms with Gasteiger partial charge in [0.05, 0.1) is 0 Å². The first-order valence-corrected chi connectivity index (χ1v) is 6.39. The van der Waals surface area contributed by atoms with Crippen LogP contribution in [0.2, 0.25) is 0 Å². The van der Waals surface area contributed by atoms with Gasteiger partial charge in [-0.05, 0) is 31.9 Å². The van der Waals surface area contributed by atoms with Gasteiger partial charge in [0.2, 0.25) is 5.91 Å². The molecule has 0 aliphatic carbocycles. The van der Waals surface area contributed by atoms with Crippen LogP contribution >= 0.6 is 15.9 Å². The fourth-order valence-corrected chi connectivity index (χ4v) is 1.85. The molecule has 0 heterocycles.